The van der Waals surface area contributed by atoms with Gasteiger partial charge in [0.15, 0.2) is 18.0 Å². The van der Waals surface area contributed by atoms with Crippen LogP contribution in [0.25, 0.3) is 0 Å². The van der Waals surface area contributed by atoms with Gasteiger partial charge in [0, 0.05) is 25.4 Å². The van der Waals surface area contributed by atoms with Crippen molar-refractivity contribution in [3.05, 3.63) is 0 Å². The van der Waals surface area contributed by atoms with Gasteiger partial charge in [0.2, 0.25) is 5.91 Å². The van der Waals surface area contributed by atoms with Gasteiger partial charge >= 0.3 is 5.97 Å². The molecule has 1 fully saturated rings. The van der Waals surface area contributed by atoms with Crippen molar-refractivity contribution in [3.63, 3.8) is 0 Å². The minimum atomic E-state index is -2.02. The molecule has 1 rings (SSSR count). The molecule has 1 aliphatic carbocycles. The molecule has 4 unspecified atom stereocenters. The Morgan fingerprint density at radius 1 is 1.36 bits per heavy atom. The maximum atomic E-state index is 12.8. The number of carboxylic acids is 1. The second kappa shape index (κ2) is 8.65. The molecule has 4 atom stereocenters. The molecular weight excluding hydrogens is 330 g/mol. The van der Waals surface area contributed by atoms with E-state index in [1.807, 2.05) is 13.8 Å². The van der Waals surface area contributed by atoms with Crippen molar-refractivity contribution in [1.82, 2.24) is 4.90 Å². The average molecular weight is 357 g/mol. The lowest BCUT2D eigenvalue weighted by Gasteiger charge is -2.28. The molecule has 0 heterocycles. The van der Waals surface area contributed by atoms with Crippen LogP contribution in [-0.4, -0.2) is 77.2 Å². The number of guanidine groups is 1. The fraction of sp³-hybridized carbons (Fsp3) is 0.733. The van der Waals surface area contributed by atoms with E-state index < -0.39 is 29.6 Å². The summed E-state index contributed by atoms with van der Waals surface area (Å²) in [6, 6.07) is -1.70. The third kappa shape index (κ3) is 4.81. The number of carboxylic acid groups (broad SMARTS) is 1. The lowest BCUT2D eigenvalue weighted by Crippen LogP contribution is -2.44. The molecule has 10 nitrogen and oxygen atoms in total. The highest BCUT2D eigenvalue weighted by atomic mass is 16.5. The first kappa shape index (κ1) is 20.7. The summed E-state index contributed by atoms with van der Waals surface area (Å²) in [5.74, 6) is -2.60. The van der Waals surface area contributed by atoms with Crippen LogP contribution in [0.1, 0.15) is 26.7 Å². The zero-order chi connectivity index (χ0) is 19.2. The Hall–Kier alpha value is -2.36. The Balaban J connectivity index is 3.28. The van der Waals surface area contributed by atoms with Gasteiger partial charge in [-0.05, 0) is 20.3 Å². The van der Waals surface area contributed by atoms with Crippen molar-refractivity contribution in [2.75, 3.05) is 20.2 Å². The summed E-state index contributed by atoms with van der Waals surface area (Å²) >= 11 is 0. The highest BCUT2D eigenvalue weighted by Gasteiger charge is 2.53. The van der Waals surface area contributed by atoms with Gasteiger partial charge < -0.3 is 31.3 Å². The van der Waals surface area contributed by atoms with Crippen molar-refractivity contribution in [2.45, 2.75) is 44.4 Å². The molecule has 0 bridgehead atoms. The number of carbonyl (C=O) groups is 2. The van der Waals surface area contributed by atoms with Gasteiger partial charge in [0.05, 0.1) is 13.2 Å². The minimum absolute atomic E-state index is 0.192. The lowest BCUT2D eigenvalue weighted by molar-refractivity contribution is -0.158. The van der Waals surface area contributed by atoms with Crippen LogP contribution in [0.3, 0.4) is 0 Å². The van der Waals surface area contributed by atoms with Crippen LogP contribution >= 0.6 is 0 Å². The fourth-order valence-electron chi connectivity index (χ4n) is 3.14. The van der Waals surface area contributed by atoms with E-state index in [0.717, 1.165) is 6.40 Å². The summed E-state index contributed by atoms with van der Waals surface area (Å²) in [6.45, 7) is 4.59. The molecule has 0 spiro atoms. The van der Waals surface area contributed by atoms with Crippen molar-refractivity contribution in [2.24, 2.45) is 27.4 Å². The highest BCUT2D eigenvalue weighted by molar-refractivity contribution is 5.85. The largest absolute Gasteiger partial charge is 0.487 e. The number of methoxy groups -OCH3 is 1. The number of nitrogens with zero attached hydrogens (tertiary/aromatic N) is 3. The molecule has 1 aliphatic rings. The van der Waals surface area contributed by atoms with E-state index in [9.17, 15) is 19.8 Å². The summed E-state index contributed by atoms with van der Waals surface area (Å²) < 4.78 is 4.82. The minimum Gasteiger partial charge on any atom is -0.487 e. The Labute approximate surface area is 146 Å². The van der Waals surface area contributed by atoms with E-state index in [1.54, 1.807) is 4.90 Å². The van der Waals surface area contributed by atoms with Gasteiger partial charge in [0.1, 0.15) is 6.04 Å². The molecule has 10 heteroatoms. The summed E-state index contributed by atoms with van der Waals surface area (Å²) in [4.78, 5) is 34.0. The van der Waals surface area contributed by atoms with E-state index in [2.05, 4.69) is 9.98 Å². The smallest absolute Gasteiger partial charge is 0.335 e. The van der Waals surface area contributed by atoms with Crippen LogP contribution < -0.4 is 11.5 Å². The number of hydrogen-bond acceptors (Lipinski definition) is 6. The number of ether oxygens (including phenoxy) is 1. The molecule has 25 heavy (non-hydrogen) atoms. The number of amides is 1. The monoisotopic (exact) mass is 357 g/mol. The third-order valence-electron chi connectivity index (χ3n) is 4.39. The quantitative estimate of drug-likeness (QED) is 0.312. The van der Waals surface area contributed by atoms with Crippen molar-refractivity contribution in [1.29, 1.82) is 0 Å². The van der Waals surface area contributed by atoms with Gasteiger partial charge in [-0.1, -0.05) is 0 Å². The van der Waals surface area contributed by atoms with Gasteiger partial charge in [0.25, 0.3) is 0 Å². The number of aliphatic hydroxyl groups is 1. The predicted octanol–water partition coefficient (Wildman–Crippen LogP) is -1.23. The topological polar surface area (TPSA) is 164 Å². The van der Waals surface area contributed by atoms with Crippen LogP contribution in [0.5, 0.6) is 0 Å². The number of aliphatic imine (C=N–C) groups is 2. The first-order chi connectivity index (χ1) is 11.7. The van der Waals surface area contributed by atoms with Gasteiger partial charge in [-0.3, -0.25) is 4.79 Å². The molecule has 0 aromatic heterocycles. The highest BCUT2D eigenvalue weighted by Crippen LogP contribution is 2.40. The number of carbonyl (C=O) groups excluding carboxylic acids is 1. The number of hydrogen-bond donors (Lipinski definition) is 4. The second-order valence-corrected chi connectivity index (χ2v) is 5.98. The maximum absolute atomic E-state index is 12.8. The van der Waals surface area contributed by atoms with E-state index in [1.165, 1.54) is 7.11 Å². The molecule has 0 aromatic rings. The van der Waals surface area contributed by atoms with E-state index in [4.69, 9.17) is 16.2 Å². The summed E-state index contributed by atoms with van der Waals surface area (Å²) in [5, 5.41) is 19.7. The first-order valence-electron chi connectivity index (χ1n) is 8.07. The van der Waals surface area contributed by atoms with Crippen LogP contribution in [0.4, 0.5) is 0 Å². The van der Waals surface area contributed by atoms with Gasteiger partial charge in [-0.25, -0.2) is 14.8 Å². The Bertz CT molecular complexity index is 544. The van der Waals surface area contributed by atoms with Crippen molar-refractivity contribution < 1.29 is 24.5 Å². The van der Waals surface area contributed by atoms with Crippen molar-refractivity contribution in [3.8, 4) is 0 Å². The van der Waals surface area contributed by atoms with E-state index in [0.29, 0.717) is 13.1 Å². The van der Waals surface area contributed by atoms with E-state index >= 15 is 0 Å². The molecule has 0 radical (unpaired) electrons. The number of likely N-dealkylation sites (N-methyl/N-ethyl adjacent to an activating group) is 1. The molecule has 142 valence electrons. The molecule has 1 amide bonds. The van der Waals surface area contributed by atoms with Crippen LogP contribution in [0.15, 0.2) is 9.98 Å². The van der Waals surface area contributed by atoms with E-state index in [-0.39, 0.29) is 24.7 Å². The van der Waals surface area contributed by atoms with Gasteiger partial charge in [-0.2, -0.15) is 0 Å². The molecule has 1 saturated carbocycles. The normalized spacial score (nSPS) is 27.0. The molecule has 0 aliphatic heterocycles. The summed E-state index contributed by atoms with van der Waals surface area (Å²) in [5.41, 5.74) is 8.84. The average Bonchev–Trinajstić information content (AvgIpc) is 2.86. The second-order valence-electron chi connectivity index (χ2n) is 5.98. The van der Waals surface area contributed by atoms with Crippen LogP contribution in [0, 0.1) is 5.92 Å². The Kier molecular flexibility index (Phi) is 7.16. The number of aliphatic carboxylic acids is 1. The first-order valence-corrected chi connectivity index (χ1v) is 8.07. The molecule has 0 aromatic carbocycles. The Morgan fingerprint density at radius 3 is 2.40 bits per heavy atom. The standard InChI is InChI=1S/C15H27N5O5/c1-4-20(5-2)12(21)11(18-8-25-3)9-6-15(24,13(22)23)7-10(9)19-14(16)17/h8-11,24H,4-7H2,1-3H3,(H,22,23)(H4,16,17,19). The summed E-state index contributed by atoms with van der Waals surface area (Å²) in [6.07, 6.45) is 0.731. The zero-order valence-electron chi connectivity index (χ0n) is 14.8. The van der Waals surface area contributed by atoms with Crippen LogP contribution in [-0.2, 0) is 14.3 Å². The molecule has 6 N–H and O–H groups in total. The van der Waals surface area contributed by atoms with Crippen molar-refractivity contribution >= 4 is 24.2 Å². The van der Waals surface area contributed by atoms with Gasteiger partial charge in [-0.15, -0.1) is 0 Å². The third-order valence-corrected chi connectivity index (χ3v) is 4.39. The molecule has 0 saturated heterocycles. The molecular formula is C15H27N5O5. The summed E-state index contributed by atoms with van der Waals surface area (Å²) in [7, 11) is 1.39. The zero-order valence-corrected chi connectivity index (χ0v) is 14.8. The van der Waals surface area contributed by atoms with Crippen LogP contribution in [0.2, 0.25) is 0 Å². The fourth-order valence-corrected chi connectivity index (χ4v) is 3.14. The maximum Gasteiger partial charge on any atom is 0.335 e. The lowest BCUT2D eigenvalue weighted by atomic mass is 9.92. The number of nitrogens with two attached hydrogens (primary N) is 2. The number of rotatable bonds is 8. The predicted molar refractivity (Wildman–Crippen MR) is 92.1 cm³/mol. The Morgan fingerprint density at radius 2 is 1.96 bits per heavy atom. The SMILES string of the molecule is CCN(CC)C(=O)C(N=COC)C1CC(O)(C(=O)O)CC1N=C(N)N.